The standard InChI is InChI=1S/C18H24N4O/c1-3-17-16(12-20-22(17)15-9-5-4-6-10-15)18(23)21-11-7-8-14(13-21)19-2/h4-6,9-10,12,14,19H,3,7-8,11,13H2,1-2H3. The molecule has 1 fully saturated rings. The third-order valence-corrected chi connectivity index (χ3v) is 4.55. The normalized spacial score (nSPS) is 18.2. The lowest BCUT2D eigenvalue weighted by Gasteiger charge is -2.32. The summed E-state index contributed by atoms with van der Waals surface area (Å²) in [6.07, 6.45) is 4.67. The fourth-order valence-electron chi connectivity index (χ4n) is 3.25. The highest BCUT2D eigenvalue weighted by atomic mass is 16.2. The minimum absolute atomic E-state index is 0.101. The van der Waals surface area contributed by atoms with Gasteiger partial charge in [-0.3, -0.25) is 4.79 Å². The Labute approximate surface area is 137 Å². The minimum Gasteiger partial charge on any atom is -0.337 e. The molecule has 1 N–H and O–H groups in total. The summed E-state index contributed by atoms with van der Waals surface area (Å²) in [5.41, 5.74) is 2.70. The number of rotatable bonds is 4. The van der Waals surface area contributed by atoms with E-state index in [9.17, 15) is 4.79 Å². The Balaban J connectivity index is 1.88. The number of likely N-dealkylation sites (N-methyl/N-ethyl adjacent to an activating group) is 1. The summed E-state index contributed by atoms with van der Waals surface area (Å²) in [5, 5.41) is 7.75. The third kappa shape index (κ3) is 3.15. The molecule has 0 aliphatic carbocycles. The molecule has 0 radical (unpaired) electrons. The summed E-state index contributed by atoms with van der Waals surface area (Å²) in [5.74, 6) is 0.101. The maximum absolute atomic E-state index is 12.9. The van der Waals surface area contributed by atoms with E-state index in [1.165, 1.54) is 0 Å². The number of hydrogen-bond acceptors (Lipinski definition) is 3. The highest BCUT2D eigenvalue weighted by Gasteiger charge is 2.26. The number of hydrogen-bond donors (Lipinski definition) is 1. The van der Waals surface area contributed by atoms with Crippen molar-refractivity contribution in [2.24, 2.45) is 0 Å². The van der Waals surface area contributed by atoms with Crippen LogP contribution in [0.4, 0.5) is 0 Å². The Hall–Kier alpha value is -2.14. The fraction of sp³-hybridized carbons (Fsp3) is 0.444. The van der Waals surface area contributed by atoms with Gasteiger partial charge in [-0.2, -0.15) is 5.10 Å². The molecule has 23 heavy (non-hydrogen) atoms. The van der Waals surface area contributed by atoms with Gasteiger partial charge in [-0.25, -0.2) is 4.68 Å². The molecule has 2 heterocycles. The molecule has 2 aromatic rings. The average Bonchev–Trinajstić information content (AvgIpc) is 3.05. The first-order valence-electron chi connectivity index (χ1n) is 8.33. The second-order valence-corrected chi connectivity index (χ2v) is 5.98. The van der Waals surface area contributed by atoms with Crippen molar-refractivity contribution < 1.29 is 4.79 Å². The monoisotopic (exact) mass is 312 g/mol. The maximum atomic E-state index is 12.9. The van der Waals surface area contributed by atoms with Gasteiger partial charge in [0.15, 0.2) is 0 Å². The number of amides is 1. The number of piperidine rings is 1. The minimum atomic E-state index is 0.101. The van der Waals surface area contributed by atoms with Crippen LogP contribution in [0.2, 0.25) is 0 Å². The number of para-hydroxylation sites is 1. The van der Waals surface area contributed by atoms with E-state index in [1.54, 1.807) is 6.20 Å². The molecular formula is C18H24N4O. The number of carbonyl (C=O) groups excluding carboxylic acids is 1. The second kappa shape index (κ2) is 6.96. The molecule has 5 nitrogen and oxygen atoms in total. The number of benzene rings is 1. The summed E-state index contributed by atoms with van der Waals surface area (Å²) < 4.78 is 1.88. The van der Waals surface area contributed by atoms with E-state index in [0.29, 0.717) is 6.04 Å². The largest absolute Gasteiger partial charge is 0.337 e. The van der Waals surface area contributed by atoms with Gasteiger partial charge in [0, 0.05) is 19.1 Å². The van der Waals surface area contributed by atoms with Crippen LogP contribution in [0, 0.1) is 0 Å². The summed E-state index contributed by atoms with van der Waals surface area (Å²) in [6.45, 7) is 3.67. The average molecular weight is 312 g/mol. The van der Waals surface area contributed by atoms with Crippen LogP contribution in [0.25, 0.3) is 5.69 Å². The molecule has 1 aromatic heterocycles. The van der Waals surface area contributed by atoms with Gasteiger partial charge >= 0.3 is 0 Å². The third-order valence-electron chi connectivity index (χ3n) is 4.55. The van der Waals surface area contributed by atoms with Crippen LogP contribution in [-0.4, -0.2) is 46.8 Å². The summed E-state index contributed by atoms with van der Waals surface area (Å²) in [6, 6.07) is 10.4. The molecule has 0 bridgehead atoms. The number of aromatic nitrogens is 2. The highest BCUT2D eigenvalue weighted by molar-refractivity contribution is 5.95. The Bertz CT molecular complexity index is 665. The highest BCUT2D eigenvalue weighted by Crippen LogP contribution is 2.19. The van der Waals surface area contributed by atoms with Crippen LogP contribution < -0.4 is 5.32 Å². The first kappa shape index (κ1) is 15.7. The Morgan fingerprint density at radius 3 is 2.83 bits per heavy atom. The second-order valence-electron chi connectivity index (χ2n) is 5.98. The zero-order valence-electron chi connectivity index (χ0n) is 13.8. The van der Waals surface area contributed by atoms with Gasteiger partial charge in [0.25, 0.3) is 5.91 Å². The van der Waals surface area contributed by atoms with Crippen LogP contribution in [0.3, 0.4) is 0 Å². The first-order valence-corrected chi connectivity index (χ1v) is 8.33. The molecule has 3 rings (SSSR count). The van der Waals surface area contributed by atoms with E-state index in [1.807, 2.05) is 47.0 Å². The van der Waals surface area contributed by atoms with Gasteiger partial charge in [-0.1, -0.05) is 25.1 Å². The van der Waals surface area contributed by atoms with Crippen molar-refractivity contribution in [3.05, 3.63) is 47.8 Å². The molecule has 5 heteroatoms. The fourth-order valence-corrected chi connectivity index (χ4v) is 3.25. The van der Waals surface area contributed by atoms with Crippen molar-refractivity contribution in [2.45, 2.75) is 32.2 Å². The SMILES string of the molecule is CCc1c(C(=O)N2CCCC(NC)C2)cnn1-c1ccccc1. The Morgan fingerprint density at radius 2 is 2.13 bits per heavy atom. The molecule has 1 atom stereocenters. The van der Waals surface area contributed by atoms with Gasteiger partial charge < -0.3 is 10.2 Å². The smallest absolute Gasteiger partial charge is 0.257 e. The molecule has 0 saturated carbocycles. The number of nitrogens with zero attached hydrogens (tertiary/aromatic N) is 3. The molecule has 1 amide bonds. The molecule has 0 spiro atoms. The van der Waals surface area contributed by atoms with Gasteiger partial charge in [0.05, 0.1) is 23.1 Å². The van der Waals surface area contributed by atoms with E-state index in [0.717, 1.165) is 49.3 Å². The molecule has 122 valence electrons. The first-order chi connectivity index (χ1) is 11.2. The molecular weight excluding hydrogens is 288 g/mol. The molecule has 1 unspecified atom stereocenters. The van der Waals surface area contributed by atoms with Gasteiger partial charge in [0.1, 0.15) is 0 Å². The van der Waals surface area contributed by atoms with Gasteiger partial charge in [-0.15, -0.1) is 0 Å². The van der Waals surface area contributed by atoms with E-state index >= 15 is 0 Å². The van der Waals surface area contributed by atoms with E-state index in [2.05, 4.69) is 17.3 Å². The lowest BCUT2D eigenvalue weighted by Crippen LogP contribution is -2.47. The van der Waals surface area contributed by atoms with Crippen molar-refractivity contribution in [2.75, 3.05) is 20.1 Å². The van der Waals surface area contributed by atoms with Crippen molar-refractivity contribution in [1.29, 1.82) is 0 Å². The van der Waals surface area contributed by atoms with E-state index in [4.69, 9.17) is 0 Å². The maximum Gasteiger partial charge on any atom is 0.257 e. The van der Waals surface area contributed by atoms with Crippen molar-refractivity contribution in [3.63, 3.8) is 0 Å². The van der Waals surface area contributed by atoms with Gasteiger partial charge in [0.2, 0.25) is 0 Å². The van der Waals surface area contributed by atoms with E-state index < -0.39 is 0 Å². The summed E-state index contributed by atoms with van der Waals surface area (Å²) in [7, 11) is 1.96. The van der Waals surface area contributed by atoms with Crippen molar-refractivity contribution in [3.8, 4) is 5.69 Å². The zero-order chi connectivity index (χ0) is 16.2. The van der Waals surface area contributed by atoms with Gasteiger partial charge in [-0.05, 0) is 38.4 Å². The van der Waals surface area contributed by atoms with Crippen molar-refractivity contribution in [1.82, 2.24) is 20.0 Å². The van der Waals surface area contributed by atoms with Crippen molar-refractivity contribution >= 4 is 5.91 Å². The quantitative estimate of drug-likeness (QED) is 0.942. The predicted octanol–water partition coefficient (Wildman–Crippen LogP) is 2.26. The van der Waals surface area contributed by atoms with Crippen LogP contribution in [0.5, 0.6) is 0 Å². The Morgan fingerprint density at radius 1 is 1.35 bits per heavy atom. The number of likely N-dealkylation sites (tertiary alicyclic amines) is 1. The lowest BCUT2D eigenvalue weighted by atomic mass is 10.0. The summed E-state index contributed by atoms with van der Waals surface area (Å²) in [4.78, 5) is 14.9. The molecule has 1 aliphatic rings. The van der Waals surface area contributed by atoms with Crippen LogP contribution in [0.1, 0.15) is 35.8 Å². The Kier molecular flexibility index (Phi) is 4.76. The predicted molar refractivity (Wildman–Crippen MR) is 90.9 cm³/mol. The molecule has 1 aliphatic heterocycles. The molecule has 1 saturated heterocycles. The lowest BCUT2D eigenvalue weighted by molar-refractivity contribution is 0.0697. The number of carbonyl (C=O) groups is 1. The van der Waals surface area contributed by atoms with Crippen LogP contribution in [-0.2, 0) is 6.42 Å². The number of nitrogens with one attached hydrogen (secondary N) is 1. The van der Waals surface area contributed by atoms with E-state index in [-0.39, 0.29) is 5.91 Å². The van der Waals surface area contributed by atoms with Crippen LogP contribution in [0.15, 0.2) is 36.5 Å². The zero-order valence-corrected chi connectivity index (χ0v) is 13.8. The summed E-state index contributed by atoms with van der Waals surface area (Å²) >= 11 is 0. The van der Waals surface area contributed by atoms with Crippen LogP contribution >= 0.6 is 0 Å². The topological polar surface area (TPSA) is 50.2 Å². The molecule has 1 aromatic carbocycles.